The van der Waals surface area contributed by atoms with E-state index in [1.807, 2.05) is 48.5 Å². The highest BCUT2D eigenvalue weighted by molar-refractivity contribution is 6.25. The lowest BCUT2D eigenvalue weighted by Gasteiger charge is -2.21. The van der Waals surface area contributed by atoms with E-state index in [4.69, 9.17) is 4.74 Å². The Bertz CT molecular complexity index is 897. The number of aliphatic imine (C=N–C) groups is 2. The van der Waals surface area contributed by atoms with Gasteiger partial charge in [-0.25, -0.2) is 4.99 Å². The lowest BCUT2D eigenvalue weighted by molar-refractivity contribution is -0.114. The van der Waals surface area contributed by atoms with Gasteiger partial charge in [0, 0.05) is 11.1 Å². The zero-order chi connectivity index (χ0) is 15.8. The van der Waals surface area contributed by atoms with Crippen molar-refractivity contribution in [3.05, 3.63) is 65.4 Å². The number of para-hydroxylation sites is 2. The van der Waals surface area contributed by atoms with Crippen LogP contribution in [0.4, 0.5) is 5.69 Å². The van der Waals surface area contributed by atoms with Crippen LogP contribution >= 0.6 is 0 Å². The number of hydrogen-bond acceptors (Lipinski definition) is 4. The van der Waals surface area contributed by atoms with E-state index in [0.29, 0.717) is 17.3 Å². The van der Waals surface area contributed by atoms with Crippen molar-refractivity contribution >= 4 is 29.8 Å². The van der Waals surface area contributed by atoms with Gasteiger partial charge in [0.05, 0.1) is 12.8 Å². The van der Waals surface area contributed by atoms with Crippen LogP contribution in [0.2, 0.25) is 0 Å². The third-order valence-corrected chi connectivity index (χ3v) is 3.80. The molecule has 0 unspecified atom stereocenters. The van der Waals surface area contributed by atoms with Crippen molar-refractivity contribution in [1.29, 1.82) is 0 Å². The molecule has 0 N–H and O–H groups in total. The lowest BCUT2D eigenvalue weighted by Crippen LogP contribution is -2.28. The molecular formula is C18H13N3O2. The maximum atomic E-state index is 12.4. The number of hydrogen-bond donors (Lipinski definition) is 0. The summed E-state index contributed by atoms with van der Waals surface area (Å²) in [6.45, 7) is 0. The van der Waals surface area contributed by atoms with E-state index in [-0.39, 0.29) is 5.91 Å². The van der Waals surface area contributed by atoms with Gasteiger partial charge in [0.15, 0.2) is 5.84 Å². The highest BCUT2D eigenvalue weighted by Crippen LogP contribution is 2.31. The molecule has 112 valence electrons. The second-order valence-electron chi connectivity index (χ2n) is 5.14. The summed E-state index contributed by atoms with van der Waals surface area (Å²) < 4.78 is 5.34. The normalized spacial score (nSPS) is 17.1. The van der Waals surface area contributed by atoms with Gasteiger partial charge in [0.2, 0.25) is 0 Å². The smallest absolute Gasteiger partial charge is 0.296 e. The summed E-state index contributed by atoms with van der Waals surface area (Å²) in [5, 5.41) is 0. The first-order valence-electron chi connectivity index (χ1n) is 7.18. The predicted octanol–water partition coefficient (Wildman–Crippen LogP) is 3.00. The van der Waals surface area contributed by atoms with Crippen LogP contribution in [0.25, 0.3) is 6.08 Å². The minimum Gasteiger partial charge on any atom is -0.496 e. The second kappa shape index (κ2) is 5.21. The molecule has 2 aromatic rings. The Labute approximate surface area is 133 Å². The fourth-order valence-corrected chi connectivity index (χ4v) is 2.69. The van der Waals surface area contributed by atoms with E-state index < -0.39 is 0 Å². The summed E-state index contributed by atoms with van der Waals surface area (Å²) in [7, 11) is 1.61. The first-order chi connectivity index (χ1) is 11.3. The Hall–Kier alpha value is -3.21. The van der Waals surface area contributed by atoms with Gasteiger partial charge in [0.25, 0.3) is 5.91 Å². The van der Waals surface area contributed by atoms with Crippen molar-refractivity contribution in [2.45, 2.75) is 0 Å². The zero-order valence-corrected chi connectivity index (χ0v) is 12.4. The predicted molar refractivity (Wildman–Crippen MR) is 88.9 cm³/mol. The molecule has 2 heterocycles. The van der Waals surface area contributed by atoms with E-state index >= 15 is 0 Å². The number of rotatable bonds is 2. The monoisotopic (exact) mass is 303 g/mol. The number of amidine groups is 1. The van der Waals surface area contributed by atoms with Gasteiger partial charge >= 0.3 is 0 Å². The Morgan fingerprint density at radius 1 is 1.09 bits per heavy atom. The molecule has 0 saturated carbocycles. The third-order valence-electron chi connectivity index (χ3n) is 3.80. The summed E-state index contributed by atoms with van der Waals surface area (Å²) in [5.41, 5.74) is 2.95. The lowest BCUT2D eigenvalue weighted by atomic mass is 10.1. The molecule has 0 atom stereocenters. The third kappa shape index (κ3) is 2.14. The van der Waals surface area contributed by atoms with Gasteiger partial charge in [-0.2, -0.15) is 4.99 Å². The topological polar surface area (TPSA) is 54.3 Å². The van der Waals surface area contributed by atoms with Gasteiger partial charge in [-0.15, -0.1) is 0 Å². The Morgan fingerprint density at radius 3 is 2.74 bits per heavy atom. The fourth-order valence-electron chi connectivity index (χ4n) is 2.69. The quantitative estimate of drug-likeness (QED) is 0.801. The number of benzene rings is 2. The largest absolute Gasteiger partial charge is 0.496 e. The summed E-state index contributed by atoms with van der Waals surface area (Å²) in [6.07, 6.45) is 3.41. The molecule has 0 radical (unpaired) electrons. The standard InChI is InChI=1S/C18H13N3O2/c1-23-16-9-5-2-6-12(16)10-15-18(22)20-17-13-7-3-4-8-14(13)19-11-21(15)17/h2-11H,1H3/b15-10+. The van der Waals surface area contributed by atoms with Gasteiger partial charge in [-0.05, 0) is 24.3 Å². The minimum atomic E-state index is -0.283. The molecule has 0 spiro atoms. The van der Waals surface area contributed by atoms with E-state index in [2.05, 4.69) is 9.98 Å². The van der Waals surface area contributed by atoms with Crippen molar-refractivity contribution in [1.82, 2.24) is 4.90 Å². The van der Waals surface area contributed by atoms with Crippen LogP contribution in [0.5, 0.6) is 5.75 Å². The van der Waals surface area contributed by atoms with E-state index in [1.54, 1.807) is 24.4 Å². The Morgan fingerprint density at radius 2 is 1.87 bits per heavy atom. The summed E-state index contributed by atoms with van der Waals surface area (Å²) >= 11 is 0. The zero-order valence-electron chi connectivity index (χ0n) is 12.4. The van der Waals surface area contributed by atoms with E-state index in [1.165, 1.54) is 0 Å². The van der Waals surface area contributed by atoms with Crippen molar-refractivity contribution in [2.75, 3.05) is 7.11 Å². The number of fused-ring (bicyclic) bond motifs is 3. The molecule has 0 bridgehead atoms. The first-order valence-corrected chi connectivity index (χ1v) is 7.18. The van der Waals surface area contributed by atoms with Crippen molar-refractivity contribution < 1.29 is 9.53 Å². The number of amides is 1. The molecule has 5 nitrogen and oxygen atoms in total. The summed E-state index contributed by atoms with van der Waals surface area (Å²) in [6, 6.07) is 15.2. The molecule has 2 aromatic carbocycles. The van der Waals surface area contributed by atoms with Gasteiger partial charge in [0.1, 0.15) is 17.8 Å². The highest BCUT2D eigenvalue weighted by Gasteiger charge is 2.32. The molecule has 2 aliphatic heterocycles. The van der Waals surface area contributed by atoms with Crippen LogP contribution in [0.3, 0.4) is 0 Å². The molecule has 5 heteroatoms. The van der Waals surface area contributed by atoms with Crippen molar-refractivity contribution in [3.63, 3.8) is 0 Å². The van der Waals surface area contributed by atoms with Crippen LogP contribution in [-0.2, 0) is 4.79 Å². The maximum Gasteiger partial charge on any atom is 0.296 e. The summed E-state index contributed by atoms with van der Waals surface area (Å²) in [4.78, 5) is 22.7. The molecule has 0 aromatic heterocycles. The van der Waals surface area contributed by atoms with Gasteiger partial charge in [-0.1, -0.05) is 30.3 Å². The summed E-state index contributed by atoms with van der Waals surface area (Å²) in [5.74, 6) is 1.03. The van der Waals surface area contributed by atoms with Crippen LogP contribution in [0.15, 0.2) is 64.2 Å². The molecule has 0 fully saturated rings. The number of nitrogens with zero attached hydrogens (tertiary/aromatic N) is 3. The van der Waals surface area contributed by atoms with Crippen LogP contribution in [-0.4, -0.2) is 30.1 Å². The fraction of sp³-hybridized carbons (Fsp3) is 0.0556. The number of ether oxygens (including phenoxy) is 1. The van der Waals surface area contributed by atoms with Crippen molar-refractivity contribution in [3.8, 4) is 5.75 Å². The van der Waals surface area contributed by atoms with E-state index in [0.717, 1.165) is 16.8 Å². The molecule has 0 saturated heterocycles. The van der Waals surface area contributed by atoms with Crippen molar-refractivity contribution in [2.24, 2.45) is 9.98 Å². The van der Waals surface area contributed by atoms with Crippen LogP contribution in [0.1, 0.15) is 11.1 Å². The van der Waals surface area contributed by atoms with Crippen LogP contribution < -0.4 is 4.74 Å². The molecule has 2 aliphatic rings. The molecule has 0 aliphatic carbocycles. The van der Waals surface area contributed by atoms with E-state index in [9.17, 15) is 4.79 Å². The molecule has 4 rings (SSSR count). The number of carbonyl (C=O) groups is 1. The SMILES string of the molecule is COc1ccccc1/C=C1\C(=O)N=C2c3ccccc3N=CN21. The second-order valence-corrected chi connectivity index (χ2v) is 5.14. The molecule has 1 amide bonds. The number of carbonyl (C=O) groups excluding carboxylic acids is 1. The average Bonchev–Trinajstić information content (AvgIpc) is 2.91. The Balaban J connectivity index is 1.80. The molecular weight excluding hydrogens is 290 g/mol. The number of methoxy groups -OCH3 is 1. The minimum absolute atomic E-state index is 0.283. The van der Waals surface area contributed by atoms with Gasteiger partial charge in [-0.3, -0.25) is 9.69 Å². The average molecular weight is 303 g/mol. The molecule has 23 heavy (non-hydrogen) atoms. The Kier molecular flexibility index (Phi) is 3.05. The van der Waals surface area contributed by atoms with Gasteiger partial charge < -0.3 is 4.74 Å². The first kappa shape index (κ1) is 13.5. The van der Waals surface area contributed by atoms with Crippen LogP contribution in [0, 0.1) is 0 Å². The maximum absolute atomic E-state index is 12.4. The highest BCUT2D eigenvalue weighted by atomic mass is 16.5.